The van der Waals surface area contributed by atoms with Gasteiger partial charge in [-0.2, -0.15) is 0 Å². The molecule has 1 saturated carbocycles. The molecule has 0 spiro atoms. The molecule has 1 aliphatic carbocycles. The van der Waals surface area contributed by atoms with Gasteiger partial charge in [-0.25, -0.2) is 9.97 Å². The van der Waals surface area contributed by atoms with Crippen LogP contribution < -0.4 is 15.0 Å². The highest BCUT2D eigenvalue weighted by molar-refractivity contribution is 5.92. The lowest BCUT2D eigenvalue weighted by atomic mass is 10.1. The Bertz CT molecular complexity index is 1290. The highest BCUT2D eigenvalue weighted by Gasteiger charge is 2.28. The zero-order valence-electron chi connectivity index (χ0n) is 20.0. The fourth-order valence-electron chi connectivity index (χ4n) is 4.21. The number of ether oxygens (including phenoxy) is 1. The number of benzene rings is 3. The van der Waals surface area contributed by atoms with Crippen molar-refractivity contribution in [3.8, 4) is 5.75 Å². The molecule has 0 saturated heterocycles. The Hall–Kier alpha value is -3.93. The van der Waals surface area contributed by atoms with Crippen LogP contribution in [0.4, 0.5) is 11.5 Å². The maximum absolute atomic E-state index is 12.8. The molecule has 0 radical (unpaired) electrons. The molecule has 1 aliphatic rings. The van der Waals surface area contributed by atoms with Gasteiger partial charge in [0, 0.05) is 36.5 Å². The summed E-state index contributed by atoms with van der Waals surface area (Å²) in [4.78, 5) is 24.9. The second-order valence-corrected chi connectivity index (χ2v) is 8.95. The van der Waals surface area contributed by atoms with E-state index in [1.807, 2.05) is 42.5 Å². The molecule has 0 atom stereocenters. The summed E-state index contributed by atoms with van der Waals surface area (Å²) in [7, 11) is 1.63. The second-order valence-electron chi connectivity index (χ2n) is 8.95. The number of fused-ring (bicyclic) bond motifs is 1. The number of methoxy groups -OCH3 is 1. The number of carbonyl (C=O) groups excluding carboxylic acids is 1. The van der Waals surface area contributed by atoms with Gasteiger partial charge >= 0.3 is 0 Å². The van der Waals surface area contributed by atoms with E-state index in [4.69, 9.17) is 14.7 Å². The molecule has 0 unspecified atom stereocenters. The highest BCUT2D eigenvalue weighted by atomic mass is 16.5. The van der Waals surface area contributed by atoms with Gasteiger partial charge in [-0.15, -0.1) is 0 Å². The molecule has 0 aliphatic heterocycles. The third-order valence-corrected chi connectivity index (χ3v) is 6.34. The Morgan fingerprint density at radius 3 is 2.43 bits per heavy atom. The summed E-state index contributed by atoms with van der Waals surface area (Å²) in [5.74, 6) is 3.03. The lowest BCUT2D eigenvalue weighted by molar-refractivity contribution is -0.116. The smallest absolute Gasteiger partial charge is 0.226 e. The molecule has 1 N–H and O–H groups in total. The van der Waals surface area contributed by atoms with E-state index in [1.165, 1.54) is 5.56 Å². The Balaban J connectivity index is 1.37. The van der Waals surface area contributed by atoms with Gasteiger partial charge in [0.25, 0.3) is 0 Å². The van der Waals surface area contributed by atoms with E-state index >= 15 is 0 Å². The third kappa shape index (κ3) is 5.77. The Kier molecular flexibility index (Phi) is 6.89. The van der Waals surface area contributed by atoms with Crippen LogP contribution in [0.5, 0.6) is 5.75 Å². The minimum absolute atomic E-state index is 0.0272. The monoisotopic (exact) mass is 466 g/mol. The third-order valence-electron chi connectivity index (χ3n) is 6.34. The van der Waals surface area contributed by atoms with E-state index in [0.717, 1.165) is 59.8 Å². The Morgan fingerprint density at radius 1 is 0.943 bits per heavy atom. The van der Waals surface area contributed by atoms with Crippen molar-refractivity contribution in [3.63, 3.8) is 0 Å². The summed E-state index contributed by atoms with van der Waals surface area (Å²) in [5.41, 5.74) is 2.99. The zero-order valence-corrected chi connectivity index (χ0v) is 20.0. The molecule has 178 valence electrons. The predicted molar refractivity (Wildman–Crippen MR) is 140 cm³/mol. The first kappa shape index (κ1) is 22.8. The van der Waals surface area contributed by atoms with Crippen molar-refractivity contribution in [1.82, 2.24) is 9.97 Å². The van der Waals surface area contributed by atoms with Gasteiger partial charge in [0.1, 0.15) is 17.4 Å². The van der Waals surface area contributed by atoms with Crippen LogP contribution in [0, 0.1) is 0 Å². The molecule has 1 amide bonds. The van der Waals surface area contributed by atoms with Crippen molar-refractivity contribution < 1.29 is 9.53 Å². The van der Waals surface area contributed by atoms with Crippen LogP contribution in [0.25, 0.3) is 10.9 Å². The van der Waals surface area contributed by atoms with Crippen molar-refractivity contribution in [1.29, 1.82) is 0 Å². The molecule has 4 aromatic rings. The van der Waals surface area contributed by atoms with Crippen LogP contribution in [-0.2, 0) is 11.2 Å². The van der Waals surface area contributed by atoms with Crippen LogP contribution in [0.15, 0.2) is 78.9 Å². The Labute approximate surface area is 206 Å². The van der Waals surface area contributed by atoms with Crippen LogP contribution in [0.3, 0.4) is 0 Å². The predicted octanol–water partition coefficient (Wildman–Crippen LogP) is 5.59. The number of carbonyl (C=O) groups is 1. The van der Waals surface area contributed by atoms with E-state index in [9.17, 15) is 4.79 Å². The molecule has 6 heteroatoms. The van der Waals surface area contributed by atoms with Gasteiger partial charge < -0.3 is 15.0 Å². The first-order valence-corrected chi connectivity index (χ1v) is 12.2. The SMILES string of the molecule is COc1ccc(NC(=O)CCN(CCc2ccccc2)c2nc(C3CC3)nc3ccccc23)cc1. The van der Waals surface area contributed by atoms with E-state index in [1.54, 1.807) is 7.11 Å². The minimum atomic E-state index is -0.0272. The van der Waals surface area contributed by atoms with Gasteiger partial charge in [-0.05, 0) is 61.2 Å². The van der Waals surface area contributed by atoms with Crippen LogP contribution in [0.2, 0.25) is 0 Å². The number of amides is 1. The molecule has 5 rings (SSSR count). The van der Waals surface area contributed by atoms with Gasteiger partial charge in [-0.1, -0.05) is 42.5 Å². The fourth-order valence-corrected chi connectivity index (χ4v) is 4.21. The van der Waals surface area contributed by atoms with Crippen molar-refractivity contribution >= 4 is 28.3 Å². The molecule has 3 aromatic carbocycles. The second kappa shape index (κ2) is 10.6. The molecular formula is C29H30N4O2. The standard InChI is InChI=1S/C29H30N4O2/c1-35-24-15-13-23(14-16-24)30-27(34)18-20-33(19-17-21-7-3-2-4-8-21)29-25-9-5-6-10-26(25)31-28(32-29)22-11-12-22/h2-10,13-16,22H,11-12,17-20H2,1H3,(H,30,34). The number of hydrogen-bond acceptors (Lipinski definition) is 5. The Morgan fingerprint density at radius 2 is 1.69 bits per heavy atom. The van der Waals surface area contributed by atoms with Gasteiger partial charge in [0.2, 0.25) is 5.91 Å². The summed E-state index contributed by atoms with van der Waals surface area (Å²) >= 11 is 0. The molecule has 1 aromatic heterocycles. The molecule has 0 bridgehead atoms. The summed E-state index contributed by atoms with van der Waals surface area (Å²) in [5, 5.41) is 4.02. The van der Waals surface area contributed by atoms with E-state index in [2.05, 4.69) is 46.6 Å². The first-order chi connectivity index (χ1) is 17.2. The number of nitrogens with zero attached hydrogens (tertiary/aromatic N) is 3. The molecular weight excluding hydrogens is 436 g/mol. The summed E-state index contributed by atoms with van der Waals surface area (Å²) in [6.45, 7) is 1.34. The van der Waals surface area contributed by atoms with Gasteiger partial charge in [0.05, 0.1) is 12.6 Å². The molecule has 6 nitrogen and oxygen atoms in total. The average molecular weight is 467 g/mol. The lowest BCUT2D eigenvalue weighted by Crippen LogP contribution is -2.31. The summed E-state index contributed by atoms with van der Waals surface area (Å²) < 4.78 is 5.20. The first-order valence-electron chi connectivity index (χ1n) is 12.2. The number of hydrogen-bond donors (Lipinski definition) is 1. The van der Waals surface area contributed by atoms with E-state index in [-0.39, 0.29) is 5.91 Å². The summed E-state index contributed by atoms with van der Waals surface area (Å²) in [6.07, 6.45) is 3.52. The van der Waals surface area contributed by atoms with Crippen molar-refractivity contribution in [2.75, 3.05) is 30.4 Å². The number of nitrogens with one attached hydrogen (secondary N) is 1. The minimum Gasteiger partial charge on any atom is -0.497 e. The summed E-state index contributed by atoms with van der Waals surface area (Å²) in [6, 6.07) is 26.0. The van der Waals surface area contributed by atoms with Crippen LogP contribution >= 0.6 is 0 Å². The van der Waals surface area contributed by atoms with Gasteiger partial charge in [0.15, 0.2) is 0 Å². The number of para-hydroxylation sites is 1. The number of anilines is 2. The zero-order chi connectivity index (χ0) is 24.0. The van der Waals surface area contributed by atoms with E-state index in [0.29, 0.717) is 18.9 Å². The van der Waals surface area contributed by atoms with Crippen LogP contribution in [-0.4, -0.2) is 36.1 Å². The molecule has 1 heterocycles. The van der Waals surface area contributed by atoms with Crippen molar-refractivity contribution in [2.45, 2.75) is 31.6 Å². The normalized spacial score (nSPS) is 12.9. The number of rotatable bonds is 10. The molecule has 1 fully saturated rings. The van der Waals surface area contributed by atoms with Crippen LogP contribution in [0.1, 0.15) is 36.6 Å². The maximum Gasteiger partial charge on any atom is 0.226 e. The lowest BCUT2D eigenvalue weighted by Gasteiger charge is -2.25. The highest BCUT2D eigenvalue weighted by Crippen LogP contribution is 2.40. The van der Waals surface area contributed by atoms with Crippen molar-refractivity contribution in [3.05, 3.63) is 90.3 Å². The average Bonchev–Trinajstić information content (AvgIpc) is 3.75. The quantitative estimate of drug-likeness (QED) is 0.330. The number of aromatic nitrogens is 2. The van der Waals surface area contributed by atoms with E-state index < -0.39 is 0 Å². The molecule has 35 heavy (non-hydrogen) atoms. The maximum atomic E-state index is 12.8. The van der Waals surface area contributed by atoms with Crippen molar-refractivity contribution in [2.24, 2.45) is 0 Å². The van der Waals surface area contributed by atoms with Gasteiger partial charge in [-0.3, -0.25) is 4.79 Å². The topological polar surface area (TPSA) is 67.3 Å². The fraction of sp³-hybridized carbons (Fsp3) is 0.276. The largest absolute Gasteiger partial charge is 0.497 e.